The van der Waals surface area contributed by atoms with Gasteiger partial charge < -0.3 is 9.97 Å². The maximum atomic E-state index is 12.3. The van der Waals surface area contributed by atoms with Gasteiger partial charge in [0.2, 0.25) is 5.56 Å². The predicted octanol–water partition coefficient (Wildman–Crippen LogP) is 1.25. The normalized spacial score (nSPS) is 16.7. The fourth-order valence-electron chi connectivity index (χ4n) is 3.48. The summed E-state index contributed by atoms with van der Waals surface area (Å²) in [5.74, 6) is 0. The average molecular weight is 325 g/mol. The van der Waals surface area contributed by atoms with Crippen LogP contribution in [-0.4, -0.2) is 37.5 Å². The molecule has 0 atom stereocenters. The van der Waals surface area contributed by atoms with Gasteiger partial charge in [-0.2, -0.15) is 0 Å². The number of likely N-dealkylation sites (tertiary alicyclic amines) is 1. The van der Waals surface area contributed by atoms with Crippen LogP contribution in [0.3, 0.4) is 0 Å². The number of fused-ring (bicyclic) bond motifs is 1. The van der Waals surface area contributed by atoms with Gasteiger partial charge in [0, 0.05) is 44.1 Å². The molecule has 1 saturated heterocycles. The summed E-state index contributed by atoms with van der Waals surface area (Å²) in [4.78, 5) is 35.8. The molecule has 0 spiro atoms. The van der Waals surface area contributed by atoms with Crippen molar-refractivity contribution in [2.75, 3.05) is 13.1 Å². The van der Waals surface area contributed by atoms with E-state index in [0.717, 1.165) is 49.2 Å². The molecule has 1 aliphatic heterocycles. The van der Waals surface area contributed by atoms with Crippen LogP contribution in [0, 0.1) is 0 Å². The minimum absolute atomic E-state index is 0.0706. The van der Waals surface area contributed by atoms with Crippen molar-refractivity contribution in [3.8, 4) is 0 Å². The van der Waals surface area contributed by atoms with E-state index < -0.39 is 0 Å². The molecule has 3 aromatic rings. The number of rotatable bonds is 3. The minimum atomic E-state index is -0.0863. The summed E-state index contributed by atoms with van der Waals surface area (Å²) in [5, 5.41) is 0. The lowest BCUT2D eigenvalue weighted by Gasteiger charge is -2.32. The van der Waals surface area contributed by atoms with Crippen molar-refractivity contribution < 1.29 is 0 Å². The van der Waals surface area contributed by atoms with Crippen molar-refractivity contribution in [1.82, 2.24) is 24.4 Å². The van der Waals surface area contributed by atoms with Crippen LogP contribution in [0.15, 0.2) is 46.2 Å². The number of hydrogen-bond acceptors (Lipinski definition) is 4. The largest absolute Gasteiger partial charge is 0.329 e. The van der Waals surface area contributed by atoms with Crippen LogP contribution in [0.1, 0.15) is 24.4 Å². The maximum Gasteiger partial charge on any atom is 0.327 e. The molecule has 0 amide bonds. The van der Waals surface area contributed by atoms with Crippen LogP contribution in [0.4, 0.5) is 0 Å². The lowest BCUT2D eigenvalue weighted by Crippen LogP contribution is -2.36. The zero-order valence-electron chi connectivity index (χ0n) is 13.2. The summed E-state index contributed by atoms with van der Waals surface area (Å²) < 4.78 is 1.79. The fraction of sp³-hybridized carbons (Fsp3) is 0.353. The number of piperidine rings is 1. The number of pyridine rings is 2. The highest BCUT2D eigenvalue weighted by atomic mass is 16.1. The maximum absolute atomic E-state index is 12.3. The first-order chi connectivity index (χ1) is 11.7. The first-order valence-electron chi connectivity index (χ1n) is 8.16. The minimum Gasteiger partial charge on any atom is -0.329 e. The summed E-state index contributed by atoms with van der Waals surface area (Å²) in [6.45, 7) is 2.55. The van der Waals surface area contributed by atoms with Crippen LogP contribution in [-0.2, 0) is 6.54 Å². The number of aromatic nitrogens is 4. The van der Waals surface area contributed by atoms with Gasteiger partial charge in [-0.25, -0.2) is 9.78 Å². The van der Waals surface area contributed by atoms with E-state index in [9.17, 15) is 9.59 Å². The molecule has 0 bridgehead atoms. The second kappa shape index (κ2) is 6.09. The predicted molar refractivity (Wildman–Crippen MR) is 91.0 cm³/mol. The molecule has 24 heavy (non-hydrogen) atoms. The van der Waals surface area contributed by atoms with Gasteiger partial charge in [0.1, 0.15) is 0 Å². The van der Waals surface area contributed by atoms with E-state index in [2.05, 4.69) is 19.9 Å². The topological polar surface area (TPSA) is 86.8 Å². The summed E-state index contributed by atoms with van der Waals surface area (Å²) in [6.07, 6.45) is 5.19. The van der Waals surface area contributed by atoms with Gasteiger partial charge in [-0.1, -0.05) is 0 Å². The third-order valence-corrected chi connectivity index (χ3v) is 4.64. The zero-order chi connectivity index (χ0) is 16.5. The fourth-order valence-corrected chi connectivity index (χ4v) is 3.48. The van der Waals surface area contributed by atoms with Crippen LogP contribution < -0.4 is 11.2 Å². The number of imidazole rings is 1. The molecule has 0 aliphatic carbocycles. The van der Waals surface area contributed by atoms with Gasteiger partial charge in [0.25, 0.3) is 0 Å². The lowest BCUT2D eigenvalue weighted by molar-refractivity contribution is 0.179. The highest BCUT2D eigenvalue weighted by Gasteiger charge is 2.24. The molecule has 7 heteroatoms. The summed E-state index contributed by atoms with van der Waals surface area (Å²) in [6, 6.07) is 7.44. The molecule has 1 aliphatic rings. The van der Waals surface area contributed by atoms with E-state index in [1.807, 2.05) is 18.2 Å². The summed E-state index contributed by atoms with van der Waals surface area (Å²) in [7, 11) is 0. The Morgan fingerprint density at radius 1 is 1.21 bits per heavy atom. The van der Waals surface area contributed by atoms with Crippen molar-refractivity contribution >= 4 is 11.2 Å². The Morgan fingerprint density at radius 3 is 2.83 bits per heavy atom. The smallest absolute Gasteiger partial charge is 0.327 e. The lowest BCUT2D eigenvalue weighted by atomic mass is 10.0. The molecule has 2 N–H and O–H groups in total. The van der Waals surface area contributed by atoms with Gasteiger partial charge in [0.15, 0.2) is 5.65 Å². The Bertz CT molecular complexity index is 963. The second-order valence-electron chi connectivity index (χ2n) is 6.24. The molecule has 0 unspecified atom stereocenters. The SMILES string of the molecule is O=c1cc(CN2CCC(n3c(=O)[nH]c4cccnc43)CC2)cc[nH]1. The third-order valence-electron chi connectivity index (χ3n) is 4.64. The van der Waals surface area contributed by atoms with Crippen LogP contribution >= 0.6 is 0 Å². The van der Waals surface area contributed by atoms with Gasteiger partial charge in [-0.15, -0.1) is 0 Å². The van der Waals surface area contributed by atoms with Crippen molar-refractivity contribution in [2.45, 2.75) is 25.4 Å². The van der Waals surface area contributed by atoms with Gasteiger partial charge in [-0.3, -0.25) is 14.3 Å². The van der Waals surface area contributed by atoms with Gasteiger partial charge in [0.05, 0.1) is 5.52 Å². The third kappa shape index (κ3) is 2.78. The molecule has 4 rings (SSSR count). The van der Waals surface area contributed by atoms with Crippen molar-refractivity contribution in [2.24, 2.45) is 0 Å². The first kappa shape index (κ1) is 14.9. The first-order valence-corrected chi connectivity index (χ1v) is 8.16. The molecule has 124 valence electrons. The summed E-state index contributed by atoms with van der Waals surface area (Å²) >= 11 is 0. The van der Waals surface area contributed by atoms with Crippen LogP contribution in [0.25, 0.3) is 11.2 Å². The molecule has 3 aromatic heterocycles. The Morgan fingerprint density at radius 2 is 2.04 bits per heavy atom. The molecule has 7 nitrogen and oxygen atoms in total. The molecule has 4 heterocycles. The van der Waals surface area contributed by atoms with E-state index >= 15 is 0 Å². The monoisotopic (exact) mass is 325 g/mol. The van der Waals surface area contributed by atoms with Crippen molar-refractivity contribution in [1.29, 1.82) is 0 Å². The molecular formula is C17H19N5O2. The van der Waals surface area contributed by atoms with Crippen molar-refractivity contribution in [3.63, 3.8) is 0 Å². The molecular weight excluding hydrogens is 306 g/mol. The van der Waals surface area contributed by atoms with Gasteiger partial charge >= 0.3 is 5.69 Å². The number of nitrogens with one attached hydrogen (secondary N) is 2. The number of hydrogen-bond donors (Lipinski definition) is 2. The Labute approximate surface area is 138 Å². The van der Waals surface area contributed by atoms with E-state index in [4.69, 9.17) is 0 Å². The molecule has 1 fully saturated rings. The molecule has 0 aromatic carbocycles. The highest BCUT2D eigenvalue weighted by molar-refractivity contribution is 5.70. The van der Waals surface area contributed by atoms with E-state index in [0.29, 0.717) is 0 Å². The quantitative estimate of drug-likeness (QED) is 0.759. The Hall–Kier alpha value is -2.67. The number of nitrogens with zero attached hydrogens (tertiary/aromatic N) is 3. The van der Waals surface area contributed by atoms with E-state index in [1.165, 1.54) is 0 Å². The molecule has 0 radical (unpaired) electrons. The second-order valence-corrected chi connectivity index (χ2v) is 6.24. The Balaban J connectivity index is 1.49. The standard InChI is InChI=1S/C17H19N5O2/c23-15-10-12(3-7-18-15)11-21-8-4-13(5-9-21)22-16-14(20-17(22)24)2-1-6-19-16/h1-3,6-7,10,13H,4-5,8-9,11H2,(H,18,23)(H,20,24). The molecule has 0 saturated carbocycles. The van der Waals surface area contributed by atoms with E-state index in [1.54, 1.807) is 23.0 Å². The van der Waals surface area contributed by atoms with Crippen LogP contribution in [0.2, 0.25) is 0 Å². The van der Waals surface area contributed by atoms with E-state index in [-0.39, 0.29) is 17.3 Å². The Kier molecular flexibility index (Phi) is 3.78. The van der Waals surface area contributed by atoms with Gasteiger partial charge in [-0.05, 0) is 36.6 Å². The number of aromatic amines is 2. The zero-order valence-corrected chi connectivity index (χ0v) is 13.2. The van der Waals surface area contributed by atoms with Crippen LogP contribution in [0.5, 0.6) is 0 Å². The summed E-state index contributed by atoms with van der Waals surface area (Å²) in [5.41, 5.74) is 2.38. The average Bonchev–Trinajstić information content (AvgIpc) is 2.91. The number of H-pyrrole nitrogens is 2. The van der Waals surface area contributed by atoms with Crippen molar-refractivity contribution in [3.05, 3.63) is 63.1 Å². The highest BCUT2D eigenvalue weighted by Crippen LogP contribution is 2.24.